The normalized spacial score (nSPS) is 10.0. The summed E-state index contributed by atoms with van der Waals surface area (Å²) in [4.78, 5) is 11.8. The van der Waals surface area contributed by atoms with E-state index in [2.05, 4.69) is 5.32 Å². The van der Waals surface area contributed by atoms with Crippen LogP contribution < -0.4 is 10.1 Å². The van der Waals surface area contributed by atoms with E-state index in [4.69, 9.17) is 21.1 Å². The Morgan fingerprint density at radius 3 is 2.43 bits per heavy atom. The molecule has 0 aliphatic heterocycles. The number of carbonyl (C=O) groups is 1. The number of carbonyl (C=O) groups excluding carboxylic acids is 1. The van der Waals surface area contributed by atoms with Gasteiger partial charge in [0.05, 0.1) is 12.8 Å². The summed E-state index contributed by atoms with van der Waals surface area (Å²) >= 11 is 5.72. The third kappa shape index (κ3) is 4.39. The quantitative estimate of drug-likeness (QED) is 0.843. The van der Waals surface area contributed by atoms with E-state index >= 15 is 0 Å². The third-order valence-corrected chi connectivity index (χ3v) is 3.20. The fourth-order valence-electron chi connectivity index (χ4n) is 1.77. The Bertz CT molecular complexity index is 599. The Balaban J connectivity index is 1.89. The molecule has 0 spiro atoms. The standard InChI is InChI=1S/C16H16ClNO3/c1-20-15-5-3-2-4-14(15)18-16(19)21-11-13-8-6-12(10-17)7-9-13/h2-9H,10-11H2,1H3,(H,18,19). The molecule has 21 heavy (non-hydrogen) atoms. The molecule has 0 aromatic heterocycles. The first kappa shape index (κ1) is 15.2. The molecule has 110 valence electrons. The van der Waals surface area contributed by atoms with Crippen molar-refractivity contribution in [2.24, 2.45) is 0 Å². The lowest BCUT2D eigenvalue weighted by molar-refractivity contribution is 0.155. The average Bonchev–Trinajstić information content (AvgIpc) is 2.54. The number of hydrogen-bond donors (Lipinski definition) is 1. The van der Waals surface area contributed by atoms with Crippen LogP contribution in [0.2, 0.25) is 0 Å². The molecule has 2 aromatic rings. The maximum absolute atomic E-state index is 11.8. The summed E-state index contributed by atoms with van der Waals surface area (Å²) in [5.74, 6) is 1.05. The molecule has 0 atom stereocenters. The van der Waals surface area contributed by atoms with Crippen LogP contribution in [0, 0.1) is 0 Å². The second-order valence-corrected chi connectivity index (χ2v) is 4.62. The second-order valence-electron chi connectivity index (χ2n) is 4.35. The predicted molar refractivity (Wildman–Crippen MR) is 82.8 cm³/mol. The number of methoxy groups -OCH3 is 1. The number of para-hydroxylation sites is 2. The Labute approximate surface area is 128 Å². The Hall–Kier alpha value is -2.20. The highest BCUT2D eigenvalue weighted by Crippen LogP contribution is 2.23. The molecule has 0 fully saturated rings. The summed E-state index contributed by atoms with van der Waals surface area (Å²) in [5.41, 5.74) is 2.50. The molecule has 4 nitrogen and oxygen atoms in total. The van der Waals surface area contributed by atoms with Crippen LogP contribution in [0.1, 0.15) is 11.1 Å². The first-order valence-corrected chi connectivity index (χ1v) is 6.97. The summed E-state index contributed by atoms with van der Waals surface area (Å²) in [6, 6.07) is 14.7. The van der Waals surface area contributed by atoms with Crippen LogP contribution in [0.5, 0.6) is 5.75 Å². The van der Waals surface area contributed by atoms with Gasteiger partial charge in [-0.3, -0.25) is 5.32 Å². The number of anilines is 1. The van der Waals surface area contributed by atoms with Crippen LogP contribution in [0.15, 0.2) is 48.5 Å². The average molecular weight is 306 g/mol. The van der Waals surface area contributed by atoms with E-state index in [1.807, 2.05) is 36.4 Å². The van der Waals surface area contributed by atoms with Crippen LogP contribution in [-0.4, -0.2) is 13.2 Å². The first-order valence-electron chi connectivity index (χ1n) is 6.43. The van der Waals surface area contributed by atoms with Crippen molar-refractivity contribution in [2.75, 3.05) is 12.4 Å². The minimum atomic E-state index is -0.527. The van der Waals surface area contributed by atoms with E-state index in [9.17, 15) is 4.79 Å². The van der Waals surface area contributed by atoms with E-state index in [1.165, 1.54) is 0 Å². The molecule has 0 saturated heterocycles. The summed E-state index contributed by atoms with van der Waals surface area (Å²) in [6.45, 7) is 0.198. The number of amides is 1. The van der Waals surface area contributed by atoms with Gasteiger partial charge in [0.2, 0.25) is 0 Å². The van der Waals surface area contributed by atoms with Crippen molar-refractivity contribution in [3.63, 3.8) is 0 Å². The highest BCUT2D eigenvalue weighted by atomic mass is 35.5. The van der Waals surface area contributed by atoms with Crippen LogP contribution in [0.4, 0.5) is 10.5 Å². The third-order valence-electron chi connectivity index (χ3n) is 2.89. The van der Waals surface area contributed by atoms with Crippen LogP contribution in [0.3, 0.4) is 0 Å². The molecular formula is C16H16ClNO3. The van der Waals surface area contributed by atoms with Crippen LogP contribution >= 0.6 is 11.6 Å². The first-order chi connectivity index (χ1) is 10.2. The van der Waals surface area contributed by atoms with Gasteiger partial charge in [-0.1, -0.05) is 36.4 Å². The molecule has 0 unspecified atom stereocenters. The Morgan fingerprint density at radius 2 is 1.76 bits per heavy atom. The zero-order valence-electron chi connectivity index (χ0n) is 11.6. The maximum atomic E-state index is 11.8. The second kappa shape index (κ2) is 7.55. The summed E-state index contributed by atoms with van der Waals surface area (Å²) in [7, 11) is 1.55. The van der Waals surface area contributed by atoms with E-state index in [-0.39, 0.29) is 6.61 Å². The van der Waals surface area contributed by atoms with Gasteiger partial charge < -0.3 is 9.47 Å². The minimum absolute atomic E-state index is 0.198. The largest absolute Gasteiger partial charge is 0.495 e. The highest BCUT2D eigenvalue weighted by molar-refractivity contribution is 6.17. The Morgan fingerprint density at radius 1 is 1.10 bits per heavy atom. The van der Waals surface area contributed by atoms with Crippen molar-refractivity contribution in [3.05, 3.63) is 59.7 Å². The number of benzene rings is 2. The lowest BCUT2D eigenvalue weighted by Gasteiger charge is -2.10. The van der Waals surface area contributed by atoms with Crippen molar-refractivity contribution >= 4 is 23.4 Å². The van der Waals surface area contributed by atoms with Crippen molar-refractivity contribution in [1.82, 2.24) is 0 Å². The lowest BCUT2D eigenvalue weighted by atomic mass is 10.2. The molecule has 0 saturated carbocycles. The van der Waals surface area contributed by atoms with E-state index in [0.717, 1.165) is 11.1 Å². The smallest absolute Gasteiger partial charge is 0.412 e. The fraction of sp³-hybridized carbons (Fsp3) is 0.188. The molecular weight excluding hydrogens is 290 g/mol. The number of halogens is 1. The van der Waals surface area contributed by atoms with Gasteiger partial charge in [-0.05, 0) is 23.3 Å². The molecule has 1 amide bonds. The topological polar surface area (TPSA) is 47.6 Å². The molecule has 0 bridgehead atoms. The number of nitrogens with one attached hydrogen (secondary N) is 1. The zero-order valence-corrected chi connectivity index (χ0v) is 12.4. The molecule has 0 heterocycles. The van der Waals surface area contributed by atoms with Gasteiger partial charge in [0.25, 0.3) is 0 Å². The molecule has 1 N–H and O–H groups in total. The van der Waals surface area contributed by atoms with Gasteiger partial charge in [-0.15, -0.1) is 11.6 Å². The number of hydrogen-bond acceptors (Lipinski definition) is 3. The highest BCUT2D eigenvalue weighted by Gasteiger charge is 2.07. The molecule has 0 radical (unpaired) electrons. The van der Waals surface area contributed by atoms with Crippen molar-refractivity contribution in [2.45, 2.75) is 12.5 Å². The number of ether oxygens (including phenoxy) is 2. The van der Waals surface area contributed by atoms with Gasteiger partial charge in [0.15, 0.2) is 0 Å². The monoisotopic (exact) mass is 305 g/mol. The summed E-state index contributed by atoms with van der Waals surface area (Å²) in [5, 5.41) is 2.65. The molecule has 5 heteroatoms. The zero-order chi connectivity index (χ0) is 15.1. The van der Waals surface area contributed by atoms with E-state index in [1.54, 1.807) is 19.2 Å². The van der Waals surface area contributed by atoms with Gasteiger partial charge >= 0.3 is 6.09 Å². The van der Waals surface area contributed by atoms with E-state index in [0.29, 0.717) is 17.3 Å². The van der Waals surface area contributed by atoms with Crippen molar-refractivity contribution < 1.29 is 14.3 Å². The predicted octanol–water partition coefficient (Wildman–Crippen LogP) is 4.18. The summed E-state index contributed by atoms with van der Waals surface area (Å²) in [6.07, 6.45) is -0.527. The van der Waals surface area contributed by atoms with Gasteiger partial charge in [-0.25, -0.2) is 4.79 Å². The van der Waals surface area contributed by atoms with E-state index < -0.39 is 6.09 Å². The van der Waals surface area contributed by atoms with Crippen LogP contribution in [0.25, 0.3) is 0 Å². The molecule has 2 rings (SSSR count). The fourth-order valence-corrected chi connectivity index (χ4v) is 1.95. The Kier molecular flexibility index (Phi) is 5.46. The maximum Gasteiger partial charge on any atom is 0.412 e. The summed E-state index contributed by atoms with van der Waals surface area (Å²) < 4.78 is 10.3. The van der Waals surface area contributed by atoms with Gasteiger partial charge in [0, 0.05) is 5.88 Å². The lowest BCUT2D eigenvalue weighted by Crippen LogP contribution is -2.14. The molecule has 2 aromatic carbocycles. The minimum Gasteiger partial charge on any atom is -0.495 e. The SMILES string of the molecule is COc1ccccc1NC(=O)OCc1ccc(CCl)cc1. The van der Waals surface area contributed by atoms with Crippen molar-refractivity contribution in [3.8, 4) is 5.75 Å². The molecule has 0 aliphatic rings. The van der Waals surface area contributed by atoms with Gasteiger partial charge in [0.1, 0.15) is 12.4 Å². The molecule has 0 aliphatic carbocycles. The van der Waals surface area contributed by atoms with Gasteiger partial charge in [-0.2, -0.15) is 0 Å². The number of alkyl halides is 1. The number of rotatable bonds is 5. The van der Waals surface area contributed by atoms with Crippen LogP contribution in [-0.2, 0) is 17.2 Å². The van der Waals surface area contributed by atoms with Crippen molar-refractivity contribution in [1.29, 1.82) is 0 Å².